The Morgan fingerprint density at radius 3 is 2.50 bits per heavy atom. The summed E-state index contributed by atoms with van der Waals surface area (Å²) in [5.41, 5.74) is 0.725. The number of morpholine rings is 1. The third-order valence-corrected chi connectivity index (χ3v) is 7.54. The maximum Gasteiger partial charge on any atom is 0.339 e. The summed E-state index contributed by atoms with van der Waals surface area (Å²) in [5.74, 6) is -1.04. The predicted octanol–water partition coefficient (Wildman–Crippen LogP) is 2.01. The van der Waals surface area contributed by atoms with Crippen molar-refractivity contribution in [3.63, 3.8) is 0 Å². The molecule has 1 atom stereocenters. The van der Waals surface area contributed by atoms with Crippen LogP contribution in [0.3, 0.4) is 0 Å². The molecule has 1 N–H and O–H groups in total. The molecule has 1 saturated carbocycles. The summed E-state index contributed by atoms with van der Waals surface area (Å²) in [5, 5.41) is 2.94. The van der Waals surface area contributed by atoms with Gasteiger partial charge in [0.2, 0.25) is 10.0 Å². The van der Waals surface area contributed by atoms with Gasteiger partial charge in [-0.25, -0.2) is 13.2 Å². The first-order chi connectivity index (χ1) is 14.3. The van der Waals surface area contributed by atoms with Gasteiger partial charge in [0, 0.05) is 19.1 Å². The Kier molecular flexibility index (Phi) is 7.49. The minimum atomic E-state index is -3.73. The lowest BCUT2D eigenvalue weighted by Gasteiger charge is -2.26. The summed E-state index contributed by atoms with van der Waals surface area (Å²) in [4.78, 5) is 25.1. The largest absolute Gasteiger partial charge is 0.449 e. The van der Waals surface area contributed by atoms with Crippen LogP contribution in [0.25, 0.3) is 0 Å². The number of rotatable bonds is 6. The molecule has 1 unspecified atom stereocenters. The van der Waals surface area contributed by atoms with Crippen molar-refractivity contribution in [2.45, 2.75) is 63.0 Å². The van der Waals surface area contributed by atoms with Crippen LogP contribution in [0.1, 0.15) is 54.9 Å². The third kappa shape index (κ3) is 5.39. The molecule has 1 aromatic rings. The molecular weight excluding hydrogens is 408 g/mol. The van der Waals surface area contributed by atoms with Gasteiger partial charge in [0.05, 0.1) is 23.7 Å². The molecule has 1 amide bonds. The molecule has 0 radical (unpaired) electrons. The van der Waals surface area contributed by atoms with Gasteiger partial charge in [-0.15, -0.1) is 0 Å². The zero-order valence-corrected chi connectivity index (χ0v) is 18.4. The highest BCUT2D eigenvalue weighted by atomic mass is 32.2. The molecule has 30 heavy (non-hydrogen) atoms. The van der Waals surface area contributed by atoms with E-state index in [1.807, 2.05) is 0 Å². The second-order valence-corrected chi connectivity index (χ2v) is 9.82. The zero-order chi connectivity index (χ0) is 21.7. The molecule has 1 aliphatic heterocycles. The second-order valence-electron chi connectivity index (χ2n) is 7.88. The lowest BCUT2D eigenvalue weighted by molar-refractivity contribution is -0.130. The van der Waals surface area contributed by atoms with E-state index in [-0.39, 0.29) is 35.5 Å². The predicted molar refractivity (Wildman–Crippen MR) is 111 cm³/mol. The fourth-order valence-corrected chi connectivity index (χ4v) is 5.20. The van der Waals surface area contributed by atoms with E-state index in [1.54, 1.807) is 13.0 Å². The van der Waals surface area contributed by atoms with Crippen molar-refractivity contribution < 1.29 is 27.5 Å². The lowest BCUT2D eigenvalue weighted by Crippen LogP contribution is -2.42. The highest BCUT2D eigenvalue weighted by Gasteiger charge is 2.28. The van der Waals surface area contributed by atoms with Gasteiger partial charge in [-0.05, 0) is 44.4 Å². The highest BCUT2D eigenvalue weighted by Crippen LogP contribution is 2.22. The Morgan fingerprint density at radius 2 is 1.83 bits per heavy atom. The Hall–Kier alpha value is -1.97. The van der Waals surface area contributed by atoms with Crippen LogP contribution < -0.4 is 5.32 Å². The normalized spacial score (nSPS) is 19.8. The first-order valence-corrected chi connectivity index (χ1v) is 11.9. The van der Waals surface area contributed by atoms with E-state index in [0.717, 1.165) is 25.7 Å². The van der Waals surface area contributed by atoms with Crippen LogP contribution in [0.15, 0.2) is 23.1 Å². The van der Waals surface area contributed by atoms with Gasteiger partial charge in [-0.2, -0.15) is 4.31 Å². The molecule has 0 bridgehead atoms. The summed E-state index contributed by atoms with van der Waals surface area (Å²) in [6, 6.07) is 4.51. The van der Waals surface area contributed by atoms with E-state index in [0.29, 0.717) is 18.8 Å². The van der Waals surface area contributed by atoms with Crippen molar-refractivity contribution in [2.75, 3.05) is 26.3 Å². The van der Waals surface area contributed by atoms with Gasteiger partial charge in [0.15, 0.2) is 6.10 Å². The van der Waals surface area contributed by atoms with Crippen LogP contribution in [0.2, 0.25) is 0 Å². The SMILES string of the molecule is Cc1ccc(S(=O)(=O)N2CCOCC2)cc1C(=O)OC(C)C(=O)NC1CCCCC1. The van der Waals surface area contributed by atoms with Crippen molar-refractivity contribution >= 4 is 21.9 Å². The van der Waals surface area contributed by atoms with Crippen molar-refractivity contribution in [1.82, 2.24) is 9.62 Å². The smallest absolute Gasteiger partial charge is 0.339 e. The van der Waals surface area contributed by atoms with E-state index >= 15 is 0 Å². The quantitative estimate of drug-likeness (QED) is 0.682. The summed E-state index contributed by atoms with van der Waals surface area (Å²) < 4.78 is 37.7. The van der Waals surface area contributed by atoms with Gasteiger partial charge in [-0.1, -0.05) is 25.3 Å². The molecule has 166 valence electrons. The molecule has 1 heterocycles. The van der Waals surface area contributed by atoms with Crippen LogP contribution >= 0.6 is 0 Å². The van der Waals surface area contributed by atoms with Gasteiger partial charge >= 0.3 is 5.97 Å². The minimum Gasteiger partial charge on any atom is -0.449 e. The first kappa shape index (κ1) is 22.7. The van der Waals surface area contributed by atoms with E-state index in [9.17, 15) is 18.0 Å². The van der Waals surface area contributed by atoms with Crippen LogP contribution in [-0.2, 0) is 24.3 Å². The van der Waals surface area contributed by atoms with E-state index in [1.165, 1.54) is 29.8 Å². The van der Waals surface area contributed by atoms with Gasteiger partial charge < -0.3 is 14.8 Å². The standard InChI is InChI=1S/C21H30N2O6S/c1-15-8-9-18(30(26,27)23-10-12-28-13-11-23)14-19(15)21(25)29-16(2)20(24)22-17-6-4-3-5-7-17/h8-9,14,16-17H,3-7,10-13H2,1-2H3,(H,22,24). The summed E-state index contributed by atoms with van der Waals surface area (Å²) >= 11 is 0. The van der Waals surface area contributed by atoms with E-state index in [2.05, 4.69) is 5.32 Å². The Labute approximate surface area is 178 Å². The number of amides is 1. The second kappa shape index (κ2) is 9.89. The number of aryl methyl sites for hydroxylation is 1. The molecule has 1 aromatic carbocycles. The van der Waals surface area contributed by atoms with Crippen LogP contribution in [-0.4, -0.2) is 63.0 Å². The van der Waals surface area contributed by atoms with E-state index in [4.69, 9.17) is 9.47 Å². The number of hydrogen-bond acceptors (Lipinski definition) is 6. The average Bonchev–Trinajstić information content (AvgIpc) is 2.75. The zero-order valence-electron chi connectivity index (χ0n) is 17.6. The summed E-state index contributed by atoms with van der Waals surface area (Å²) in [7, 11) is -3.73. The average molecular weight is 439 g/mol. The minimum absolute atomic E-state index is 0.0289. The first-order valence-electron chi connectivity index (χ1n) is 10.5. The number of carbonyl (C=O) groups is 2. The van der Waals surface area contributed by atoms with E-state index < -0.39 is 22.1 Å². The number of carbonyl (C=O) groups excluding carboxylic acids is 2. The molecule has 1 saturated heterocycles. The van der Waals surface area contributed by atoms with Gasteiger partial charge in [-0.3, -0.25) is 4.79 Å². The Morgan fingerprint density at radius 1 is 1.17 bits per heavy atom. The topological polar surface area (TPSA) is 102 Å². The van der Waals surface area contributed by atoms with Crippen molar-refractivity contribution in [3.8, 4) is 0 Å². The number of esters is 1. The van der Waals surface area contributed by atoms with Gasteiger partial charge in [0.25, 0.3) is 5.91 Å². The maximum absolute atomic E-state index is 12.9. The lowest BCUT2D eigenvalue weighted by atomic mass is 9.95. The maximum atomic E-state index is 12.9. The van der Waals surface area contributed by atoms with Crippen molar-refractivity contribution in [2.24, 2.45) is 0 Å². The number of benzene rings is 1. The van der Waals surface area contributed by atoms with Crippen molar-refractivity contribution in [3.05, 3.63) is 29.3 Å². The third-order valence-electron chi connectivity index (χ3n) is 5.64. The molecule has 9 heteroatoms. The molecule has 2 aliphatic rings. The van der Waals surface area contributed by atoms with Crippen LogP contribution in [0.5, 0.6) is 0 Å². The molecule has 1 aliphatic carbocycles. The fourth-order valence-electron chi connectivity index (χ4n) is 3.76. The number of nitrogens with zero attached hydrogens (tertiary/aromatic N) is 1. The number of ether oxygens (including phenoxy) is 2. The van der Waals surface area contributed by atoms with Crippen LogP contribution in [0, 0.1) is 6.92 Å². The van der Waals surface area contributed by atoms with Crippen LogP contribution in [0.4, 0.5) is 0 Å². The molecule has 8 nitrogen and oxygen atoms in total. The number of nitrogens with one attached hydrogen (secondary N) is 1. The summed E-state index contributed by atoms with van der Waals surface area (Å²) in [6.07, 6.45) is 4.27. The fraction of sp³-hybridized carbons (Fsp3) is 0.619. The molecule has 0 spiro atoms. The highest BCUT2D eigenvalue weighted by molar-refractivity contribution is 7.89. The van der Waals surface area contributed by atoms with Gasteiger partial charge in [0.1, 0.15) is 0 Å². The van der Waals surface area contributed by atoms with Crippen molar-refractivity contribution in [1.29, 1.82) is 0 Å². The summed E-state index contributed by atoms with van der Waals surface area (Å²) in [6.45, 7) is 4.46. The number of hydrogen-bond donors (Lipinski definition) is 1. The molecule has 3 rings (SSSR count). The Bertz CT molecular complexity index is 873. The molecule has 2 fully saturated rings. The Balaban J connectivity index is 1.69. The number of sulfonamides is 1. The molecular formula is C21H30N2O6S. The monoisotopic (exact) mass is 438 g/mol. The molecule has 0 aromatic heterocycles.